The highest BCUT2D eigenvalue weighted by Gasteiger charge is 2.26. The Labute approximate surface area is 133 Å². The molecule has 0 amide bonds. The van der Waals surface area contributed by atoms with Crippen LogP contribution in [0.3, 0.4) is 0 Å². The minimum absolute atomic E-state index is 0.000449. The Morgan fingerprint density at radius 3 is 2.70 bits per heavy atom. The Morgan fingerprint density at radius 1 is 1.39 bits per heavy atom. The van der Waals surface area contributed by atoms with Crippen molar-refractivity contribution in [1.29, 1.82) is 0 Å². The standard InChI is InChI=1S/C14H19N2O6P/c1-5-23(18,22-16-14-15-10(3)8-20-14)21-11-6-9(2)13(17)12(7-11)19-4/h6-8,17H,5H2,1-4H3,(H,15,16). The van der Waals surface area contributed by atoms with Gasteiger partial charge in [0.05, 0.1) is 19.0 Å². The third-order valence-electron chi connectivity index (χ3n) is 2.98. The van der Waals surface area contributed by atoms with Gasteiger partial charge in [0.15, 0.2) is 11.5 Å². The molecule has 0 aliphatic heterocycles. The van der Waals surface area contributed by atoms with Crippen LogP contribution >= 0.6 is 7.60 Å². The topological polar surface area (TPSA) is 103 Å². The van der Waals surface area contributed by atoms with E-state index >= 15 is 0 Å². The van der Waals surface area contributed by atoms with E-state index in [1.54, 1.807) is 26.8 Å². The number of nitrogens with zero attached hydrogens (tertiary/aromatic N) is 1. The smallest absolute Gasteiger partial charge is 0.400 e. The van der Waals surface area contributed by atoms with Crippen LogP contribution in [0.15, 0.2) is 22.8 Å². The lowest BCUT2D eigenvalue weighted by molar-refractivity contribution is 0.305. The van der Waals surface area contributed by atoms with Crippen LogP contribution < -0.4 is 14.7 Å². The number of aryl methyl sites for hydroxylation is 2. The van der Waals surface area contributed by atoms with Crippen molar-refractivity contribution < 1.29 is 28.0 Å². The molecule has 0 saturated carbocycles. The van der Waals surface area contributed by atoms with Crippen LogP contribution in [0.2, 0.25) is 0 Å². The van der Waals surface area contributed by atoms with Crippen LogP contribution in [-0.4, -0.2) is 23.4 Å². The summed E-state index contributed by atoms with van der Waals surface area (Å²) < 4.78 is 33.4. The average Bonchev–Trinajstić information content (AvgIpc) is 2.94. The quantitative estimate of drug-likeness (QED) is 0.581. The van der Waals surface area contributed by atoms with Gasteiger partial charge < -0.3 is 18.8 Å². The van der Waals surface area contributed by atoms with E-state index in [-0.39, 0.29) is 29.4 Å². The highest BCUT2D eigenvalue weighted by molar-refractivity contribution is 7.54. The van der Waals surface area contributed by atoms with Gasteiger partial charge in [-0.15, -0.1) is 0 Å². The van der Waals surface area contributed by atoms with Crippen molar-refractivity contribution >= 4 is 13.6 Å². The molecule has 23 heavy (non-hydrogen) atoms. The van der Waals surface area contributed by atoms with Gasteiger partial charge in [0.2, 0.25) is 0 Å². The molecular formula is C14H19N2O6P. The molecule has 8 nitrogen and oxygen atoms in total. The van der Waals surface area contributed by atoms with Gasteiger partial charge in [-0.2, -0.15) is 9.61 Å². The number of nitrogens with one attached hydrogen (secondary N) is 1. The molecule has 2 N–H and O–H groups in total. The summed E-state index contributed by atoms with van der Waals surface area (Å²) in [5.41, 5.74) is 3.57. The molecule has 2 aromatic rings. The number of benzene rings is 1. The van der Waals surface area contributed by atoms with Gasteiger partial charge in [-0.05, 0) is 25.5 Å². The SMILES string of the molecule is CCP(=O)(ONc1nc(C)co1)Oc1cc(C)c(O)c(OC)c1. The van der Waals surface area contributed by atoms with Crippen LogP contribution in [0.1, 0.15) is 18.2 Å². The maximum atomic E-state index is 12.6. The molecule has 1 heterocycles. The number of aromatic hydroxyl groups is 1. The summed E-state index contributed by atoms with van der Waals surface area (Å²) >= 11 is 0. The maximum absolute atomic E-state index is 12.6. The lowest BCUT2D eigenvalue weighted by Gasteiger charge is -2.18. The number of methoxy groups -OCH3 is 1. The van der Waals surface area contributed by atoms with E-state index in [4.69, 9.17) is 18.3 Å². The summed E-state index contributed by atoms with van der Waals surface area (Å²) in [6.07, 6.45) is 1.54. The van der Waals surface area contributed by atoms with Crippen LogP contribution in [0.4, 0.5) is 6.01 Å². The van der Waals surface area contributed by atoms with E-state index in [0.717, 1.165) is 0 Å². The molecule has 0 fully saturated rings. The first-order valence-electron chi connectivity index (χ1n) is 6.90. The third kappa shape index (κ3) is 4.18. The van der Waals surface area contributed by atoms with E-state index in [0.29, 0.717) is 11.3 Å². The molecular weight excluding hydrogens is 323 g/mol. The molecule has 0 aliphatic rings. The first-order valence-corrected chi connectivity index (χ1v) is 8.62. The van der Waals surface area contributed by atoms with E-state index in [1.165, 1.54) is 19.4 Å². The molecule has 0 aliphatic carbocycles. The molecule has 126 valence electrons. The first kappa shape index (κ1) is 17.2. The number of rotatable bonds is 7. The molecule has 2 rings (SSSR count). The van der Waals surface area contributed by atoms with Crippen molar-refractivity contribution in [2.24, 2.45) is 0 Å². The number of phenolic OH excluding ortho intramolecular Hbond substituents is 1. The molecule has 1 unspecified atom stereocenters. The summed E-state index contributed by atoms with van der Waals surface area (Å²) in [4.78, 5) is 3.98. The maximum Gasteiger partial charge on any atom is 0.400 e. The van der Waals surface area contributed by atoms with Crippen molar-refractivity contribution in [2.45, 2.75) is 20.8 Å². The van der Waals surface area contributed by atoms with Crippen LogP contribution in [0, 0.1) is 13.8 Å². The molecule has 1 aromatic carbocycles. The Bertz CT molecular complexity index is 730. The van der Waals surface area contributed by atoms with Gasteiger partial charge in [-0.1, -0.05) is 6.92 Å². The normalized spacial score (nSPS) is 13.4. The fraction of sp³-hybridized carbons (Fsp3) is 0.357. The highest BCUT2D eigenvalue weighted by Crippen LogP contribution is 2.49. The molecule has 0 spiro atoms. The molecule has 0 bridgehead atoms. The van der Waals surface area contributed by atoms with Gasteiger partial charge in [0.1, 0.15) is 12.0 Å². The molecule has 9 heteroatoms. The molecule has 0 radical (unpaired) electrons. The fourth-order valence-corrected chi connectivity index (χ4v) is 2.68. The predicted octanol–water partition coefficient (Wildman–Crippen LogP) is 3.64. The molecule has 1 aromatic heterocycles. The van der Waals surface area contributed by atoms with E-state index < -0.39 is 7.60 Å². The van der Waals surface area contributed by atoms with Crippen molar-refractivity contribution in [1.82, 2.24) is 4.98 Å². The number of hydrogen-bond acceptors (Lipinski definition) is 8. The van der Waals surface area contributed by atoms with Crippen molar-refractivity contribution in [3.8, 4) is 17.2 Å². The van der Waals surface area contributed by atoms with Gasteiger partial charge in [0.25, 0.3) is 0 Å². The number of anilines is 1. The second-order valence-corrected chi connectivity index (χ2v) is 7.02. The van der Waals surface area contributed by atoms with Crippen molar-refractivity contribution in [3.05, 3.63) is 29.7 Å². The zero-order valence-electron chi connectivity index (χ0n) is 13.3. The summed E-state index contributed by atoms with van der Waals surface area (Å²) in [6.45, 7) is 5.08. The Kier molecular flexibility index (Phi) is 5.18. The second-order valence-electron chi connectivity index (χ2n) is 4.80. The van der Waals surface area contributed by atoms with E-state index in [2.05, 4.69) is 10.5 Å². The summed E-state index contributed by atoms with van der Waals surface area (Å²) in [5.74, 6) is 0.479. The summed E-state index contributed by atoms with van der Waals surface area (Å²) in [6, 6.07) is 3.06. The monoisotopic (exact) mass is 342 g/mol. The number of hydrogen-bond donors (Lipinski definition) is 2. The molecule has 1 atom stereocenters. The van der Waals surface area contributed by atoms with Crippen LogP contribution in [-0.2, 0) is 9.19 Å². The Balaban J connectivity index is 2.14. The van der Waals surface area contributed by atoms with Gasteiger partial charge in [0, 0.05) is 6.07 Å². The van der Waals surface area contributed by atoms with Gasteiger partial charge in [-0.25, -0.2) is 10.0 Å². The minimum atomic E-state index is -3.49. The van der Waals surface area contributed by atoms with Crippen molar-refractivity contribution in [3.63, 3.8) is 0 Å². The highest BCUT2D eigenvalue weighted by atomic mass is 31.2. The van der Waals surface area contributed by atoms with Crippen LogP contribution in [0.25, 0.3) is 0 Å². The summed E-state index contributed by atoms with van der Waals surface area (Å²) in [7, 11) is -2.07. The second kappa shape index (κ2) is 6.93. The minimum Gasteiger partial charge on any atom is -0.504 e. The summed E-state index contributed by atoms with van der Waals surface area (Å²) in [5, 5.41) is 9.82. The van der Waals surface area contributed by atoms with E-state index in [9.17, 15) is 9.67 Å². The lowest BCUT2D eigenvalue weighted by atomic mass is 10.2. The lowest BCUT2D eigenvalue weighted by Crippen LogP contribution is -2.06. The zero-order chi connectivity index (χ0) is 17.0. The first-order chi connectivity index (χ1) is 10.9. The number of ether oxygens (including phenoxy) is 1. The third-order valence-corrected chi connectivity index (χ3v) is 4.61. The Hall–Kier alpha value is -2.18. The van der Waals surface area contributed by atoms with Gasteiger partial charge in [-0.3, -0.25) is 0 Å². The number of oxazole rings is 1. The number of phenols is 1. The van der Waals surface area contributed by atoms with Gasteiger partial charge >= 0.3 is 13.6 Å². The van der Waals surface area contributed by atoms with Crippen LogP contribution in [0.5, 0.6) is 17.2 Å². The van der Waals surface area contributed by atoms with E-state index in [1.807, 2.05) is 0 Å². The predicted molar refractivity (Wildman–Crippen MR) is 84.1 cm³/mol. The number of aromatic nitrogens is 1. The molecule has 0 saturated heterocycles. The zero-order valence-corrected chi connectivity index (χ0v) is 14.2. The largest absolute Gasteiger partial charge is 0.504 e. The Morgan fingerprint density at radius 2 is 2.13 bits per heavy atom. The average molecular weight is 342 g/mol. The van der Waals surface area contributed by atoms with Crippen molar-refractivity contribution in [2.75, 3.05) is 18.8 Å². The fourth-order valence-electron chi connectivity index (χ4n) is 1.74.